The van der Waals surface area contributed by atoms with Gasteiger partial charge in [0.15, 0.2) is 0 Å². The van der Waals surface area contributed by atoms with E-state index in [9.17, 15) is 18.0 Å². The second-order valence-electron chi connectivity index (χ2n) is 4.26. The molecule has 0 bridgehead atoms. The summed E-state index contributed by atoms with van der Waals surface area (Å²) in [6, 6.07) is 2.20. The van der Waals surface area contributed by atoms with Crippen molar-refractivity contribution in [1.29, 1.82) is 0 Å². The van der Waals surface area contributed by atoms with Crippen LogP contribution in [0.4, 0.5) is 13.2 Å². The number of allylic oxidation sites excluding steroid dienone is 2. The summed E-state index contributed by atoms with van der Waals surface area (Å²) in [7, 11) is 0. The molecular weight excluding hydrogens is 341 g/mol. The molecule has 1 aromatic rings. The van der Waals surface area contributed by atoms with Gasteiger partial charge in [0.2, 0.25) is 0 Å². The molecule has 0 aliphatic carbocycles. The van der Waals surface area contributed by atoms with Crippen molar-refractivity contribution in [2.24, 2.45) is 16.5 Å². The van der Waals surface area contributed by atoms with Crippen LogP contribution in [0.25, 0.3) is 5.70 Å². The van der Waals surface area contributed by atoms with Crippen molar-refractivity contribution in [2.75, 3.05) is 0 Å². The van der Waals surface area contributed by atoms with E-state index in [1.54, 1.807) is 0 Å². The fourth-order valence-corrected chi connectivity index (χ4v) is 2.26. The number of nitrogens with one attached hydrogen (secondary N) is 1. The lowest BCUT2D eigenvalue weighted by Crippen LogP contribution is -2.32. The number of carbonyl (C=O) groups excluding carboxylic acids is 1. The zero-order chi connectivity index (χ0) is 18.3. The smallest absolute Gasteiger partial charge is 0.398 e. The summed E-state index contributed by atoms with van der Waals surface area (Å²) in [6.45, 7) is 6.78. The summed E-state index contributed by atoms with van der Waals surface area (Å²) < 4.78 is 37.6. The quantitative estimate of drug-likeness (QED) is 0.540. The summed E-state index contributed by atoms with van der Waals surface area (Å²) in [6.07, 6.45) is 0.522. The lowest BCUT2D eigenvalue weighted by molar-refractivity contribution is -0.134. The summed E-state index contributed by atoms with van der Waals surface area (Å²) in [4.78, 5) is 14.9. The summed E-state index contributed by atoms with van der Waals surface area (Å²) >= 11 is 0.509. The Hall–Kier alpha value is -2.81. The van der Waals surface area contributed by atoms with Gasteiger partial charge in [0.1, 0.15) is 16.4 Å². The molecule has 1 heterocycles. The van der Waals surface area contributed by atoms with Crippen LogP contribution in [0.2, 0.25) is 0 Å². The molecule has 0 unspecified atom stereocenters. The van der Waals surface area contributed by atoms with E-state index in [1.165, 1.54) is 30.5 Å². The Morgan fingerprint density at radius 2 is 1.92 bits per heavy atom. The van der Waals surface area contributed by atoms with Gasteiger partial charge in [0, 0.05) is 11.9 Å². The van der Waals surface area contributed by atoms with Gasteiger partial charge < -0.3 is 16.8 Å². The van der Waals surface area contributed by atoms with E-state index >= 15 is 0 Å². The number of carbonyl (C=O) groups is 1. The van der Waals surface area contributed by atoms with Crippen molar-refractivity contribution in [2.45, 2.75) is 6.18 Å². The van der Waals surface area contributed by atoms with E-state index in [0.29, 0.717) is 11.3 Å². The molecule has 1 amide bonds. The molecule has 0 radical (unpaired) electrons. The number of aliphatic imine (C=N–C) groups is 1. The summed E-state index contributed by atoms with van der Waals surface area (Å²) in [5.74, 6) is -0.671. The third-order valence-electron chi connectivity index (χ3n) is 2.53. The highest BCUT2D eigenvalue weighted by Gasteiger charge is 2.32. The first-order valence-corrected chi connectivity index (χ1v) is 7.23. The Labute approximate surface area is 140 Å². The minimum absolute atomic E-state index is 0.00590. The van der Waals surface area contributed by atoms with Crippen molar-refractivity contribution in [1.82, 2.24) is 5.32 Å². The largest absolute Gasteiger partial charge is 0.425 e. The predicted molar refractivity (Wildman–Crippen MR) is 89.7 cm³/mol. The number of halogens is 3. The van der Waals surface area contributed by atoms with Gasteiger partial charge in [-0.25, -0.2) is 0 Å². The van der Waals surface area contributed by atoms with Crippen LogP contribution >= 0.6 is 11.3 Å². The molecule has 0 fully saturated rings. The van der Waals surface area contributed by atoms with Crippen LogP contribution in [-0.2, 0) is 11.0 Å². The zero-order valence-electron chi connectivity index (χ0n) is 12.4. The fourth-order valence-electron chi connectivity index (χ4n) is 1.45. The Bertz CT molecular complexity index is 729. The number of rotatable bonds is 6. The second-order valence-corrected chi connectivity index (χ2v) is 5.34. The predicted octanol–water partition coefficient (Wildman–Crippen LogP) is 2.75. The average molecular weight is 356 g/mol. The third-order valence-corrected chi connectivity index (χ3v) is 3.71. The van der Waals surface area contributed by atoms with E-state index in [1.807, 2.05) is 0 Å². The topological polar surface area (TPSA) is 93.5 Å². The number of thiophene rings is 1. The number of nitrogens with two attached hydrogens (primary N) is 2. The van der Waals surface area contributed by atoms with Gasteiger partial charge in [-0.3, -0.25) is 9.79 Å². The van der Waals surface area contributed by atoms with Crippen molar-refractivity contribution < 1.29 is 18.0 Å². The first kappa shape index (κ1) is 19.2. The minimum Gasteiger partial charge on any atom is -0.398 e. The molecule has 5 N–H and O–H groups in total. The highest BCUT2D eigenvalue weighted by atomic mass is 32.1. The summed E-state index contributed by atoms with van der Waals surface area (Å²) in [5, 5.41) is 2.33. The highest BCUT2D eigenvalue weighted by molar-refractivity contribution is 7.13. The molecule has 0 spiro atoms. The van der Waals surface area contributed by atoms with Crippen LogP contribution in [0, 0.1) is 0 Å². The summed E-state index contributed by atoms with van der Waals surface area (Å²) in [5.41, 5.74) is 11.4. The number of hydrogen-bond acceptors (Lipinski definition) is 5. The van der Waals surface area contributed by atoms with Gasteiger partial charge in [0.05, 0.1) is 4.88 Å². The van der Waals surface area contributed by atoms with E-state index in [2.05, 4.69) is 23.5 Å². The Balaban J connectivity index is 2.85. The number of nitrogens with zero attached hydrogens (tertiary/aromatic N) is 1. The van der Waals surface area contributed by atoms with E-state index in [-0.39, 0.29) is 22.1 Å². The van der Waals surface area contributed by atoms with Crippen molar-refractivity contribution in [3.05, 3.63) is 65.3 Å². The van der Waals surface area contributed by atoms with Gasteiger partial charge >= 0.3 is 6.18 Å². The zero-order valence-corrected chi connectivity index (χ0v) is 13.2. The standard InChI is InChI=1S/C15H15F3N4OS/c1-3-10(21-4-2)14(23)22-13(20)8-5-9(19)11-6-7-12(24-11)15(16,17)18/h3-8H,1-2,19-20H2,(H,22,23)/b9-5-,13-8+,21-10?. The van der Waals surface area contributed by atoms with E-state index in [4.69, 9.17) is 11.5 Å². The molecule has 0 atom stereocenters. The number of alkyl halides is 3. The van der Waals surface area contributed by atoms with Gasteiger partial charge in [-0.1, -0.05) is 13.2 Å². The van der Waals surface area contributed by atoms with E-state index < -0.39 is 17.0 Å². The Morgan fingerprint density at radius 3 is 2.42 bits per heavy atom. The molecular formula is C15H15F3N4OS. The Morgan fingerprint density at radius 1 is 1.25 bits per heavy atom. The monoisotopic (exact) mass is 356 g/mol. The van der Waals surface area contributed by atoms with Crippen LogP contribution in [0.1, 0.15) is 9.75 Å². The molecule has 0 saturated heterocycles. The van der Waals surface area contributed by atoms with Crippen LogP contribution in [0.5, 0.6) is 0 Å². The maximum atomic E-state index is 12.5. The van der Waals surface area contributed by atoms with Gasteiger partial charge in [-0.2, -0.15) is 13.2 Å². The maximum Gasteiger partial charge on any atom is 0.425 e. The lowest BCUT2D eigenvalue weighted by Gasteiger charge is -2.04. The van der Waals surface area contributed by atoms with Gasteiger partial charge in [0.25, 0.3) is 5.91 Å². The van der Waals surface area contributed by atoms with Gasteiger partial charge in [-0.05, 0) is 30.4 Å². The van der Waals surface area contributed by atoms with E-state index in [0.717, 1.165) is 6.07 Å². The average Bonchev–Trinajstić information content (AvgIpc) is 3.00. The number of hydrogen-bond donors (Lipinski definition) is 3. The molecule has 0 aliphatic heterocycles. The normalized spacial score (nSPS) is 13.5. The van der Waals surface area contributed by atoms with Gasteiger partial charge in [-0.15, -0.1) is 11.3 Å². The van der Waals surface area contributed by atoms with Crippen molar-refractivity contribution in [3.63, 3.8) is 0 Å². The van der Waals surface area contributed by atoms with Crippen LogP contribution in [0.15, 0.2) is 60.5 Å². The molecule has 24 heavy (non-hydrogen) atoms. The molecule has 128 valence electrons. The molecule has 1 aromatic heterocycles. The molecule has 0 saturated carbocycles. The molecule has 0 aromatic carbocycles. The molecule has 5 nitrogen and oxygen atoms in total. The highest BCUT2D eigenvalue weighted by Crippen LogP contribution is 2.35. The lowest BCUT2D eigenvalue weighted by atomic mass is 10.3. The second kappa shape index (κ2) is 8.16. The minimum atomic E-state index is -4.42. The van der Waals surface area contributed by atoms with Crippen LogP contribution in [-0.4, -0.2) is 11.6 Å². The first-order chi connectivity index (χ1) is 11.2. The van der Waals surface area contributed by atoms with Crippen LogP contribution < -0.4 is 16.8 Å². The maximum absolute atomic E-state index is 12.5. The molecule has 1 rings (SSSR count). The first-order valence-electron chi connectivity index (χ1n) is 6.42. The molecule has 0 aliphatic rings. The van der Waals surface area contributed by atoms with Crippen molar-refractivity contribution in [3.8, 4) is 0 Å². The SMILES string of the molecule is C=CN=C(C=C)C(=O)N/C(N)=C/C=C(\N)c1ccc(C(F)(F)F)s1. The van der Waals surface area contributed by atoms with Crippen LogP contribution in [0.3, 0.4) is 0 Å². The van der Waals surface area contributed by atoms with Crippen molar-refractivity contribution >= 4 is 28.7 Å². The third kappa shape index (κ3) is 5.43. The molecule has 9 heteroatoms. The fraction of sp³-hybridized carbons (Fsp3) is 0.0667. The Kier molecular flexibility index (Phi) is 6.54. The number of amides is 1.